The van der Waals surface area contributed by atoms with Crippen molar-refractivity contribution in [2.24, 2.45) is 0 Å². The standard InChI is InChI=1S/C8H16OS/c1-2-10-8-6-4-3-5-7(8)9/h7-9H,2-6H2,1H3/t7-,8-/m1/s1. The predicted molar refractivity (Wildman–Crippen MR) is 46.4 cm³/mol. The average molecular weight is 160 g/mol. The van der Waals surface area contributed by atoms with Gasteiger partial charge in [-0.2, -0.15) is 11.8 Å². The summed E-state index contributed by atoms with van der Waals surface area (Å²) in [6.45, 7) is 2.16. The van der Waals surface area contributed by atoms with Crippen LogP contribution < -0.4 is 0 Å². The molecule has 1 rings (SSSR count). The van der Waals surface area contributed by atoms with E-state index >= 15 is 0 Å². The molecule has 2 heteroatoms. The molecule has 1 aliphatic carbocycles. The summed E-state index contributed by atoms with van der Waals surface area (Å²) in [5, 5.41) is 10.0. The Morgan fingerprint density at radius 1 is 1.40 bits per heavy atom. The first-order chi connectivity index (χ1) is 4.84. The lowest BCUT2D eigenvalue weighted by Crippen LogP contribution is -2.26. The Kier molecular flexibility index (Phi) is 3.57. The molecular weight excluding hydrogens is 144 g/mol. The first-order valence-corrected chi connectivity index (χ1v) is 5.19. The minimum atomic E-state index is -0.0151. The summed E-state index contributed by atoms with van der Waals surface area (Å²) in [6, 6.07) is 0. The first-order valence-electron chi connectivity index (χ1n) is 4.14. The summed E-state index contributed by atoms with van der Waals surface area (Å²) < 4.78 is 0. The zero-order valence-electron chi connectivity index (χ0n) is 6.55. The van der Waals surface area contributed by atoms with Crippen molar-refractivity contribution in [1.82, 2.24) is 0 Å². The zero-order valence-corrected chi connectivity index (χ0v) is 7.36. The number of thioether (sulfide) groups is 1. The van der Waals surface area contributed by atoms with E-state index in [-0.39, 0.29) is 6.10 Å². The van der Waals surface area contributed by atoms with Crippen LogP contribution in [0, 0.1) is 0 Å². The fourth-order valence-electron chi connectivity index (χ4n) is 1.49. The third-order valence-electron chi connectivity index (χ3n) is 2.05. The fraction of sp³-hybridized carbons (Fsp3) is 1.00. The van der Waals surface area contributed by atoms with Crippen LogP contribution in [-0.4, -0.2) is 22.2 Å². The zero-order chi connectivity index (χ0) is 7.40. The van der Waals surface area contributed by atoms with Crippen LogP contribution in [-0.2, 0) is 0 Å². The molecule has 0 radical (unpaired) electrons. The molecule has 10 heavy (non-hydrogen) atoms. The minimum Gasteiger partial charge on any atom is -0.392 e. The van der Waals surface area contributed by atoms with E-state index in [0.29, 0.717) is 5.25 Å². The number of aliphatic hydroxyl groups is 1. The van der Waals surface area contributed by atoms with Gasteiger partial charge in [-0.05, 0) is 18.6 Å². The smallest absolute Gasteiger partial charge is 0.0658 e. The third-order valence-corrected chi connectivity index (χ3v) is 3.36. The molecule has 0 aromatic rings. The SMILES string of the molecule is CCS[C@@H]1CCCC[C@H]1O. The maximum absolute atomic E-state index is 9.48. The van der Waals surface area contributed by atoms with Gasteiger partial charge >= 0.3 is 0 Å². The van der Waals surface area contributed by atoms with Gasteiger partial charge in [-0.25, -0.2) is 0 Å². The predicted octanol–water partition coefficient (Wildman–Crippen LogP) is 2.04. The van der Waals surface area contributed by atoms with Crippen LogP contribution in [0.5, 0.6) is 0 Å². The van der Waals surface area contributed by atoms with Crippen LogP contribution in [0.2, 0.25) is 0 Å². The highest BCUT2D eigenvalue weighted by Crippen LogP contribution is 2.28. The van der Waals surface area contributed by atoms with E-state index in [2.05, 4.69) is 6.92 Å². The van der Waals surface area contributed by atoms with Gasteiger partial charge in [0.25, 0.3) is 0 Å². The van der Waals surface area contributed by atoms with Crippen LogP contribution in [0.15, 0.2) is 0 Å². The van der Waals surface area contributed by atoms with Crippen LogP contribution >= 0.6 is 11.8 Å². The Balaban J connectivity index is 2.25. The number of hydrogen-bond acceptors (Lipinski definition) is 2. The van der Waals surface area contributed by atoms with Crippen molar-refractivity contribution in [1.29, 1.82) is 0 Å². The summed E-state index contributed by atoms with van der Waals surface area (Å²) in [5.41, 5.74) is 0. The van der Waals surface area contributed by atoms with Crippen molar-refractivity contribution in [3.8, 4) is 0 Å². The van der Waals surface area contributed by atoms with Crippen LogP contribution in [0.1, 0.15) is 32.6 Å². The van der Waals surface area contributed by atoms with Gasteiger partial charge in [0.05, 0.1) is 6.10 Å². The molecule has 60 valence electrons. The summed E-state index contributed by atoms with van der Waals surface area (Å²) in [4.78, 5) is 0. The van der Waals surface area contributed by atoms with Gasteiger partial charge in [0.1, 0.15) is 0 Å². The Labute approximate surface area is 67.2 Å². The average Bonchev–Trinajstić information content (AvgIpc) is 1.94. The highest BCUT2D eigenvalue weighted by atomic mass is 32.2. The van der Waals surface area contributed by atoms with Gasteiger partial charge < -0.3 is 5.11 Å². The van der Waals surface area contributed by atoms with Gasteiger partial charge in [-0.1, -0.05) is 19.8 Å². The number of rotatable bonds is 2. The Bertz CT molecular complexity index is 93.3. The quantitative estimate of drug-likeness (QED) is 0.667. The van der Waals surface area contributed by atoms with E-state index in [1.165, 1.54) is 19.3 Å². The Hall–Kier alpha value is 0.310. The maximum atomic E-state index is 9.48. The van der Waals surface area contributed by atoms with Gasteiger partial charge in [0, 0.05) is 5.25 Å². The van der Waals surface area contributed by atoms with Crippen molar-refractivity contribution in [3.63, 3.8) is 0 Å². The normalized spacial score (nSPS) is 34.2. The van der Waals surface area contributed by atoms with E-state index in [1.54, 1.807) is 0 Å². The van der Waals surface area contributed by atoms with Gasteiger partial charge in [-0.3, -0.25) is 0 Å². The molecule has 0 spiro atoms. The topological polar surface area (TPSA) is 20.2 Å². The Morgan fingerprint density at radius 3 is 2.70 bits per heavy atom. The van der Waals surface area contributed by atoms with E-state index in [1.807, 2.05) is 11.8 Å². The molecule has 0 heterocycles. The molecule has 1 fully saturated rings. The fourth-order valence-corrected chi connectivity index (χ4v) is 2.61. The first kappa shape index (κ1) is 8.41. The summed E-state index contributed by atoms with van der Waals surface area (Å²) in [5.74, 6) is 1.14. The highest BCUT2D eigenvalue weighted by Gasteiger charge is 2.21. The summed E-state index contributed by atoms with van der Waals surface area (Å²) in [6.07, 6.45) is 4.77. The molecule has 2 atom stereocenters. The molecule has 0 unspecified atom stereocenters. The molecule has 0 aromatic carbocycles. The van der Waals surface area contributed by atoms with Crippen molar-refractivity contribution in [2.45, 2.75) is 44.0 Å². The molecule has 0 amide bonds. The van der Waals surface area contributed by atoms with Crippen molar-refractivity contribution in [2.75, 3.05) is 5.75 Å². The number of hydrogen-bond donors (Lipinski definition) is 1. The van der Waals surface area contributed by atoms with Crippen molar-refractivity contribution < 1.29 is 5.11 Å². The lowest BCUT2D eigenvalue weighted by atomic mass is 9.97. The third kappa shape index (κ3) is 2.17. The summed E-state index contributed by atoms with van der Waals surface area (Å²) >= 11 is 1.91. The number of aliphatic hydroxyl groups excluding tert-OH is 1. The van der Waals surface area contributed by atoms with Gasteiger partial charge in [0.2, 0.25) is 0 Å². The molecule has 0 aliphatic heterocycles. The minimum absolute atomic E-state index is 0.0151. The van der Waals surface area contributed by atoms with E-state index in [9.17, 15) is 5.11 Å². The van der Waals surface area contributed by atoms with Gasteiger partial charge in [-0.15, -0.1) is 0 Å². The van der Waals surface area contributed by atoms with E-state index in [4.69, 9.17) is 0 Å². The van der Waals surface area contributed by atoms with Crippen LogP contribution in [0.4, 0.5) is 0 Å². The lowest BCUT2D eigenvalue weighted by molar-refractivity contribution is 0.137. The molecule has 0 aromatic heterocycles. The molecule has 1 aliphatic rings. The summed E-state index contributed by atoms with van der Waals surface area (Å²) in [7, 11) is 0. The Morgan fingerprint density at radius 2 is 2.10 bits per heavy atom. The maximum Gasteiger partial charge on any atom is 0.0658 e. The molecule has 1 N–H and O–H groups in total. The van der Waals surface area contributed by atoms with Crippen molar-refractivity contribution in [3.05, 3.63) is 0 Å². The molecular formula is C8H16OS. The van der Waals surface area contributed by atoms with Gasteiger partial charge in [0.15, 0.2) is 0 Å². The van der Waals surface area contributed by atoms with Crippen LogP contribution in [0.25, 0.3) is 0 Å². The second-order valence-corrected chi connectivity index (χ2v) is 4.36. The largest absolute Gasteiger partial charge is 0.392 e. The molecule has 1 nitrogen and oxygen atoms in total. The molecule has 0 saturated heterocycles. The second-order valence-electron chi connectivity index (χ2n) is 2.85. The molecule has 1 saturated carbocycles. The van der Waals surface area contributed by atoms with E-state index in [0.717, 1.165) is 12.2 Å². The molecule has 0 bridgehead atoms. The van der Waals surface area contributed by atoms with Crippen molar-refractivity contribution >= 4 is 11.8 Å². The van der Waals surface area contributed by atoms with Crippen LogP contribution in [0.3, 0.4) is 0 Å². The lowest BCUT2D eigenvalue weighted by Gasteiger charge is -2.26. The highest BCUT2D eigenvalue weighted by molar-refractivity contribution is 7.99. The monoisotopic (exact) mass is 160 g/mol. The van der Waals surface area contributed by atoms with E-state index < -0.39 is 0 Å². The second kappa shape index (κ2) is 4.24.